The average Bonchev–Trinajstić information content (AvgIpc) is 2.68. The van der Waals surface area contributed by atoms with Crippen LogP contribution in [-0.4, -0.2) is 36.4 Å². The van der Waals surface area contributed by atoms with Crippen molar-refractivity contribution in [2.75, 3.05) is 13.2 Å². The molecule has 2 aliphatic rings. The summed E-state index contributed by atoms with van der Waals surface area (Å²) in [7, 11) is 0. The predicted octanol–water partition coefficient (Wildman–Crippen LogP) is -0.338. The minimum absolute atomic E-state index is 0.00144. The lowest BCUT2D eigenvalue weighted by Crippen LogP contribution is -2.36. The zero-order valence-electron chi connectivity index (χ0n) is 7.53. The van der Waals surface area contributed by atoms with Crippen LogP contribution in [0.1, 0.15) is 19.3 Å². The Morgan fingerprint density at radius 3 is 3.00 bits per heavy atom. The summed E-state index contributed by atoms with van der Waals surface area (Å²) < 4.78 is 5.24. The van der Waals surface area contributed by atoms with E-state index in [1.54, 1.807) is 0 Å². The van der Waals surface area contributed by atoms with Gasteiger partial charge in [0, 0.05) is 25.2 Å². The van der Waals surface area contributed by atoms with E-state index in [4.69, 9.17) is 9.84 Å². The summed E-state index contributed by atoms with van der Waals surface area (Å²) in [6.07, 6.45) is 2.49. The molecule has 0 aromatic heterocycles. The first kappa shape index (κ1) is 8.97. The van der Waals surface area contributed by atoms with Crippen LogP contribution in [0.2, 0.25) is 0 Å². The Balaban J connectivity index is 1.72. The van der Waals surface area contributed by atoms with Gasteiger partial charge in [0.2, 0.25) is 5.91 Å². The Morgan fingerprint density at radius 1 is 1.62 bits per heavy atom. The highest BCUT2D eigenvalue weighted by molar-refractivity contribution is 5.81. The maximum atomic E-state index is 11.4. The Labute approximate surface area is 77.3 Å². The summed E-state index contributed by atoms with van der Waals surface area (Å²) in [5.74, 6) is 0.281. The third kappa shape index (κ3) is 2.00. The molecule has 4 heteroatoms. The molecule has 1 amide bonds. The van der Waals surface area contributed by atoms with E-state index < -0.39 is 0 Å². The highest BCUT2D eigenvalue weighted by Gasteiger charge is 2.39. The fraction of sp³-hybridized carbons (Fsp3) is 0.889. The summed E-state index contributed by atoms with van der Waals surface area (Å²) in [5.41, 5.74) is 0. The first-order valence-corrected chi connectivity index (χ1v) is 4.84. The SMILES string of the molecule is O=C(NC1CC1CO)C1CCCO1. The number of aliphatic hydroxyl groups excluding tert-OH is 1. The number of hydrogen-bond acceptors (Lipinski definition) is 3. The molecule has 1 aliphatic heterocycles. The van der Waals surface area contributed by atoms with Gasteiger partial charge < -0.3 is 15.2 Å². The quantitative estimate of drug-likeness (QED) is 0.632. The van der Waals surface area contributed by atoms with E-state index in [9.17, 15) is 4.79 Å². The number of ether oxygens (including phenoxy) is 1. The Hall–Kier alpha value is -0.610. The molecule has 1 aliphatic carbocycles. The lowest BCUT2D eigenvalue weighted by Gasteiger charge is -2.09. The van der Waals surface area contributed by atoms with Crippen molar-refractivity contribution in [3.05, 3.63) is 0 Å². The van der Waals surface area contributed by atoms with E-state index in [0.29, 0.717) is 6.61 Å². The van der Waals surface area contributed by atoms with Crippen molar-refractivity contribution in [1.82, 2.24) is 5.32 Å². The topological polar surface area (TPSA) is 58.6 Å². The van der Waals surface area contributed by atoms with E-state index in [2.05, 4.69) is 5.32 Å². The molecule has 2 rings (SSSR count). The second-order valence-electron chi connectivity index (χ2n) is 3.80. The lowest BCUT2D eigenvalue weighted by atomic mass is 10.2. The highest BCUT2D eigenvalue weighted by atomic mass is 16.5. The molecule has 1 saturated heterocycles. The van der Waals surface area contributed by atoms with Crippen LogP contribution in [-0.2, 0) is 9.53 Å². The molecule has 74 valence electrons. The maximum Gasteiger partial charge on any atom is 0.249 e. The molecule has 1 saturated carbocycles. The third-order valence-electron chi connectivity index (χ3n) is 2.71. The number of aliphatic hydroxyl groups is 1. The van der Waals surface area contributed by atoms with Gasteiger partial charge in [-0.05, 0) is 19.3 Å². The van der Waals surface area contributed by atoms with Gasteiger partial charge in [0.1, 0.15) is 6.10 Å². The molecule has 0 aromatic carbocycles. The molecule has 2 N–H and O–H groups in total. The van der Waals surface area contributed by atoms with Crippen molar-refractivity contribution < 1.29 is 14.6 Å². The summed E-state index contributed by atoms with van der Waals surface area (Å²) in [4.78, 5) is 11.4. The molecular weight excluding hydrogens is 170 g/mol. The minimum Gasteiger partial charge on any atom is -0.396 e. The monoisotopic (exact) mass is 185 g/mol. The van der Waals surface area contributed by atoms with Gasteiger partial charge in [0.05, 0.1) is 0 Å². The average molecular weight is 185 g/mol. The molecule has 0 bridgehead atoms. The van der Waals surface area contributed by atoms with Crippen LogP contribution >= 0.6 is 0 Å². The van der Waals surface area contributed by atoms with Crippen molar-refractivity contribution in [2.24, 2.45) is 5.92 Å². The number of amides is 1. The Kier molecular flexibility index (Phi) is 2.51. The van der Waals surface area contributed by atoms with Gasteiger partial charge in [-0.3, -0.25) is 4.79 Å². The van der Waals surface area contributed by atoms with Gasteiger partial charge in [-0.2, -0.15) is 0 Å². The van der Waals surface area contributed by atoms with Gasteiger partial charge in [0.25, 0.3) is 0 Å². The lowest BCUT2D eigenvalue weighted by molar-refractivity contribution is -0.130. The first-order valence-electron chi connectivity index (χ1n) is 4.84. The molecule has 0 spiro atoms. The normalized spacial score (nSPS) is 37.5. The van der Waals surface area contributed by atoms with Crippen molar-refractivity contribution in [3.63, 3.8) is 0 Å². The predicted molar refractivity (Wildman–Crippen MR) is 46.1 cm³/mol. The zero-order valence-corrected chi connectivity index (χ0v) is 7.53. The fourth-order valence-electron chi connectivity index (χ4n) is 1.69. The Morgan fingerprint density at radius 2 is 2.46 bits per heavy atom. The van der Waals surface area contributed by atoms with E-state index in [1.165, 1.54) is 0 Å². The minimum atomic E-state index is -0.236. The third-order valence-corrected chi connectivity index (χ3v) is 2.71. The molecule has 1 heterocycles. The van der Waals surface area contributed by atoms with Gasteiger partial charge in [-0.1, -0.05) is 0 Å². The molecule has 13 heavy (non-hydrogen) atoms. The van der Waals surface area contributed by atoms with E-state index in [1.807, 2.05) is 0 Å². The number of nitrogens with one attached hydrogen (secondary N) is 1. The van der Waals surface area contributed by atoms with Gasteiger partial charge >= 0.3 is 0 Å². The molecule has 0 aromatic rings. The Bertz CT molecular complexity index is 201. The van der Waals surface area contributed by atoms with Crippen molar-refractivity contribution in [3.8, 4) is 0 Å². The largest absolute Gasteiger partial charge is 0.396 e. The number of carbonyl (C=O) groups excluding carboxylic acids is 1. The number of hydrogen-bond donors (Lipinski definition) is 2. The van der Waals surface area contributed by atoms with Gasteiger partial charge in [-0.15, -0.1) is 0 Å². The second kappa shape index (κ2) is 3.64. The molecular formula is C9H15NO3. The fourth-order valence-corrected chi connectivity index (χ4v) is 1.69. The van der Waals surface area contributed by atoms with Crippen molar-refractivity contribution in [2.45, 2.75) is 31.4 Å². The van der Waals surface area contributed by atoms with E-state index in [-0.39, 0.29) is 30.6 Å². The number of rotatable bonds is 3. The molecule has 4 nitrogen and oxygen atoms in total. The van der Waals surface area contributed by atoms with Crippen LogP contribution in [0.3, 0.4) is 0 Å². The van der Waals surface area contributed by atoms with Crippen LogP contribution in [0.5, 0.6) is 0 Å². The molecule has 3 atom stereocenters. The summed E-state index contributed by atoms with van der Waals surface area (Å²) in [6.45, 7) is 0.878. The van der Waals surface area contributed by atoms with Crippen LogP contribution in [0.4, 0.5) is 0 Å². The van der Waals surface area contributed by atoms with Crippen LogP contribution < -0.4 is 5.32 Å². The number of carbonyl (C=O) groups is 1. The summed E-state index contributed by atoms with van der Waals surface area (Å²) >= 11 is 0. The van der Waals surface area contributed by atoms with E-state index in [0.717, 1.165) is 19.3 Å². The van der Waals surface area contributed by atoms with Crippen LogP contribution in [0, 0.1) is 5.92 Å². The second-order valence-corrected chi connectivity index (χ2v) is 3.80. The van der Waals surface area contributed by atoms with Crippen LogP contribution in [0.25, 0.3) is 0 Å². The molecule has 2 fully saturated rings. The highest BCUT2D eigenvalue weighted by Crippen LogP contribution is 2.29. The van der Waals surface area contributed by atoms with Gasteiger partial charge in [0.15, 0.2) is 0 Å². The zero-order chi connectivity index (χ0) is 9.26. The first-order chi connectivity index (χ1) is 6.31. The van der Waals surface area contributed by atoms with Crippen molar-refractivity contribution in [1.29, 1.82) is 0 Å². The van der Waals surface area contributed by atoms with Crippen LogP contribution in [0.15, 0.2) is 0 Å². The summed E-state index contributed by atoms with van der Waals surface area (Å²) in [6, 6.07) is 0.196. The smallest absolute Gasteiger partial charge is 0.249 e. The van der Waals surface area contributed by atoms with E-state index >= 15 is 0 Å². The van der Waals surface area contributed by atoms with Gasteiger partial charge in [-0.25, -0.2) is 0 Å². The maximum absolute atomic E-state index is 11.4. The van der Waals surface area contributed by atoms with Crippen molar-refractivity contribution >= 4 is 5.91 Å². The molecule has 0 radical (unpaired) electrons. The molecule has 3 unspecified atom stereocenters. The standard InChI is InChI=1S/C9H15NO3/c11-5-6-4-7(6)10-9(12)8-2-1-3-13-8/h6-8,11H,1-5H2,(H,10,12). The summed E-state index contributed by atoms with van der Waals surface area (Å²) in [5, 5.41) is 11.6.